The molecular weight excluding hydrogens is 518 g/mol. The van der Waals surface area contributed by atoms with Gasteiger partial charge in [-0.05, 0) is 83.4 Å². The van der Waals surface area contributed by atoms with Crippen molar-refractivity contribution in [2.45, 2.75) is 78.1 Å². The number of para-hydroxylation sites is 1. The zero-order valence-corrected chi connectivity index (χ0v) is 24.9. The SMILES string of the molecule is Cc1ccccc1NC(=O)C(c1ccccc1)N(C(=O)C(Cc1ccc(O)cc1)NC(=O)OC(C)(C)C)C(C)(C)C. The van der Waals surface area contributed by atoms with Gasteiger partial charge in [-0.25, -0.2) is 4.79 Å². The van der Waals surface area contributed by atoms with Gasteiger partial charge in [0.1, 0.15) is 23.4 Å². The molecule has 218 valence electrons. The number of anilines is 1. The lowest BCUT2D eigenvalue weighted by molar-refractivity contribution is -0.146. The van der Waals surface area contributed by atoms with Crippen LogP contribution in [-0.4, -0.2) is 45.1 Å². The highest BCUT2D eigenvalue weighted by Gasteiger charge is 2.42. The van der Waals surface area contributed by atoms with Crippen molar-refractivity contribution in [2.24, 2.45) is 0 Å². The normalized spacial score (nSPS) is 13.0. The first-order valence-electron chi connectivity index (χ1n) is 13.7. The summed E-state index contributed by atoms with van der Waals surface area (Å²) >= 11 is 0. The number of ether oxygens (including phenoxy) is 1. The van der Waals surface area contributed by atoms with E-state index in [1.54, 1.807) is 32.9 Å². The van der Waals surface area contributed by atoms with Crippen molar-refractivity contribution in [3.05, 3.63) is 95.6 Å². The Hall–Kier alpha value is -4.33. The number of amides is 3. The lowest BCUT2D eigenvalue weighted by Gasteiger charge is -2.43. The number of carbonyl (C=O) groups excluding carboxylic acids is 3. The molecule has 2 unspecified atom stereocenters. The van der Waals surface area contributed by atoms with Gasteiger partial charge in [-0.1, -0.05) is 60.7 Å². The van der Waals surface area contributed by atoms with Gasteiger partial charge in [0.05, 0.1) is 0 Å². The lowest BCUT2D eigenvalue weighted by atomic mass is 9.94. The summed E-state index contributed by atoms with van der Waals surface area (Å²) in [5.41, 5.74) is 1.27. The van der Waals surface area contributed by atoms with Crippen LogP contribution < -0.4 is 10.6 Å². The molecule has 3 aromatic rings. The highest BCUT2D eigenvalue weighted by molar-refractivity contribution is 5.99. The monoisotopic (exact) mass is 559 g/mol. The number of nitrogens with zero attached hydrogens (tertiary/aromatic N) is 1. The maximum absolute atomic E-state index is 14.5. The molecule has 8 heteroatoms. The van der Waals surface area contributed by atoms with Crippen molar-refractivity contribution in [1.82, 2.24) is 10.2 Å². The fourth-order valence-electron chi connectivity index (χ4n) is 4.50. The Morgan fingerprint density at radius 1 is 0.854 bits per heavy atom. The van der Waals surface area contributed by atoms with E-state index in [1.165, 1.54) is 17.0 Å². The summed E-state index contributed by atoms with van der Waals surface area (Å²) in [4.78, 5) is 43.0. The summed E-state index contributed by atoms with van der Waals surface area (Å²) in [6.45, 7) is 12.7. The second kappa shape index (κ2) is 12.9. The van der Waals surface area contributed by atoms with E-state index in [0.29, 0.717) is 16.8 Å². The average molecular weight is 560 g/mol. The Kier molecular flexibility index (Phi) is 9.81. The van der Waals surface area contributed by atoms with Gasteiger partial charge in [0, 0.05) is 17.6 Å². The third-order valence-electron chi connectivity index (χ3n) is 6.35. The molecule has 0 bridgehead atoms. The number of phenolic OH excluding ortho intramolecular Hbond substituents is 1. The molecule has 0 heterocycles. The van der Waals surface area contributed by atoms with Crippen LogP contribution in [0, 0.1) is 6.92 Å². The quantitative estimate of drug-likeness (QED) is 0.307. The molecule has 2 atom stereocenters. The van der Waals surface area contributed by atoms with Crippen molar-refractivity contribution in [2.75, 3.05) is 5.32 Å². The topological polar surface area (TPSA) is 108 Å². The highest BCUT2D eigenvalue weighted by atomic mass is 16.6. The Balaban J connectivity index is 2.08. The predicted octanol–water partition coefficient (Wildman–Crippen LogP) is 6.14. The van der Waals surface area contributed by atoms with E-state index in [4.69, 9.17) is 4.74 Å². The largest absolute Gasteiger partial charge is 0.508 e. The Bertz CT molecular complexity index is 1340. The number of rotatable bonds is 8. The minimum atomic E-state index is -1.06. The number of carbonyl (C=O) groups is 3. The lowest BCUT2D eigenvalue weighted by Crippen LogP contribution is -2.58. The molecule has 0 radical (unpaired) electrons. The van der Waals surface area contributed by atoms with Crippen LogP contribution in [0.3, 0.4) is 0 Å². The van der Waals surface area contributed by atoms with Gasteiger partial charge in [-0.15, -0.1) is 0 Å². The Morgan fingerprint density at radius 3 is 2.00 bits per heavy atom. The first-order valence-corrected chi connectivity index (χ1v) is 13.7. The summed E-state index contributed by atoms with van der Waals surface area (Å²) in [5, 5.41) is 15.5. The van der Waals surface area contributed by atoms with Gasteiger partial charge in [-0.3, -0.25) is 9.59 Å². The highest BCUT2D eigenvalue weighted by Crippen LogP contribution is 2.32. The van der Waals surface area contributed by atoms with Crippen molar-refractivity contribution in [3.8, 4) is 5.75 Å². The fraction of sp³-hybridized carbons (Fsp3) is 0.364. The van der Waals surface area contributed by atoms with Gasteiger partial charge in [0.2, 0.25) is 5.91 Å². The van der Waals surface area contributed by atoms with Crippen LogP contribution >= 0.6 is 0 Å². The number of nitrogens with one attached hydrogen (secondary N) is 2. The third-order valence-corrected chi connectivity index (χ3v) is 6.35. The number of hydrogen-bond acceptors (Lipinski definition) is 5. The number of hydrogen-bond donors (Lipinski definition) is 3. The molecule has 0 fully saturated rings. The summed E-state index contributed by atoms with van der Waals surface area (Å²) in [7, 11) is 0. The molecule has 3 aromatic carbocycles. The van der Waals surface area contributed by atoms with Gasteiger partial charge < -0.3 is 25.4 Å². The number of benzene rings is 3. The molecule has 0 aliphatic carbocycles. The second-order valence-electron chi connectivity index (χ2n) is 12.1. The van der Waals surface area contributed by atoms with E-state index < -0.39 is 35.2 Å². The van der Waals surface area contributed by atoms with Crippen LogP contribution in [0.5, 0.6) is 5.75 Å². The zero-order valence-electron chi connectivity index (χ0n) is 24.9. The first kappa shape index (κ1) is 31.2. The number of aryl methyl sites for hydroxylation is 1. The van der Waals surface area contributed by atoms with E-state index in [0.717, 1.165) is 5.56 Å². The molecule has 3 N–H and O–H groups in total. The van der Waals surface area contributed by atoms with E-state index in [-0.39, 0.29) is 18.1 Å². The number of phenols is 1. The molecule has 0 aliphatic heterocycles. The number of alkyl carbamates (subject to hydrolysis) is 1. The molecule has 3 rings (SSSR count). The van der Waals surface area contributed by atoms with Crippen LogP contribution in [0.4, 0.5) is 10.5 Å². The molecule has 0 aliphatic rings. The first-order chi connectivity index (χ1) is 19.2. The third kappa shape index (κ3) is 8.83. The second-order valence-corrected chi connectivity index (χ2v) is 12.1. The molecule has 41 heavy (non-hydrogen) atoms. The van der Waals surface area contributed by atoms with Crippen molar-refractivity contribution in [1.29, 1.82) is 0 Å². The van der Waals surface area contributed by atoms with Crippen molar-refractivity contribution in [3.63, 3.8) is 0 Å². The molecule has 3 amide bonds. The molecule has 8 nitrogen and oxygen atoms in total. The van der Waals surface area contributed by atoms with Crippen LogP contribution in [0.25, 0.3) is 0 Å². The molecular formula is C33H41N3O5. The van der Waals surface area contributed by atoms with E-state index >= 15 is 0 Å². The minimum absolute atomic E-state index is 0.0880. The maximum atomic E-state index is 14.5. The fourth-order valence-corrected chi connectivity index (χ4v) is 4.50. The van der Waals surface area contributed by atoms with Gasteiger partial charge in [0.25, 0.3) is 5.91 Å². The van der Waals surface area contributed by atoms with E-state index in [9.17, 15) is 19.5 Å². The minimum Gasteiger partial charge on any atom is -0.508 e. The van der Waals surface area contributed by atoms with Gasteiger partial charge in [0.15, 0.2) is 0 Å². The molecule has 0 aromatic heterocycles. The van der Waals surface area contributed by atoms with Crippen molar-refractivity contribution >= 4 is 23.6 Å². The maximum Gasteiger partial charge on any atom is 0.408 e. The summed E-state index contributed by atoms with van der Waals surface area (Å²) in [6, 6.07) is 20.9. The molecule has 0 saturated carbocycles. The van der Waals surface area contributed by atoms with Crippen molar-refractivity contribution < 1.29 is 24.2 Å². The standard InChI is InChI=1S/C33H41N3O5/c1-22-13-11-12-16-26(22)34-29(38)28(24-14-9-8-10-15-24)36(32(2,3)4)30(39)27(35-31(40)41-33(5,6)7)21-23-17-19-25(37)20-18-23/h8-20,27-28,37H,21H2,1-7H3,(H,34,38)(H,35,40). The number of aromatic hydroxyl groups is 1. The van der Waals surface area contributed by atoms with Crippen LogP contribution in [0.15, 0.2) is 78.9 Å². The zero-order chi connectivity index (χ0) is 30.4. The predicted molar refractivity (Wildman–Crippen MR) is 161 cm³/mol. The summed E-state index contributed by atoms with van der Waals surface area (Å²) in [6.07, 6.45) is -0.629. The average Bonchev–Trinajstić information content (AvgIpc) is 2.87. The summed E-state index contributed by atoms with van der Waals surface area (Å²) < 4.78 is 5.49. The van der Waals surface area contributed by atoms with Gasteiger partial charge >= 0.3 is 6.09 Å². The van der Waals surface area contributed by atoms with Crippen LogP contribution in [0.2, 0.25) is 0 Å². The van der Waals surface area contributed by atoms with Crippen LogP contribution in [0.1, 0.15) is 64.3 Å². The Labute approximate surface area is 242 Å². The molecule has 0 spiro atoms. The summed E-state index contributed by atoms with van der Waals surface area (Å²) in [5.74, 6) is -0.746. The smallest absolute Gasteiger partial charge is 0.408 e. The van der Waals surface area contributed by atoms with E-state index in [2.05, 4.69) is 10.6 Å². The van der Waals surface area contributed by atoms with Crippen LogP contribution in [-0.2, 0) is 20.7 Å². The van der Waals surface area contributed by atoms with Gasteiger partial charge in [-0.2, -0.15) is 0 Å². The molecule has 0 saturated heterocycles. The van der Waals surface area contributed by atoms with E-state index in [1.807, 2.05) is 82.3 Å². The Morgan fingerprint density at radius 2 is 1.44 bits per heavy atom.